The molecule has 132 valence electrons. The number of nitrogens with zero attached hydrogens (tertiary/aromatic N) is 2. The van der Waals surface area contributed by atoms with Crippen molar-refractivity contribution >= 4 is 44.7 Å². The van der Waals surface area contributed by atoms with E-state index in [0.717, 1.165) is 11.3 Å². The number of aromatic nitrogens is 1. The highest BCUT2D eigenvalue weighted by Crippen LogP contribution is 2.34. The number of carbonyl (C=O) groups excluding carboxylic acids is 1. The van der Waals surface area contributed by atoms with Crippen LogP contribution in [0.15, 0.2) is 30.3 Å². The van der Waals surface area contributed by atoms with Gasteiger partial charge >= 0.3 is 0 Å². The first-order valence-corrected chi connectivity index (χ1v) is 8.83. The fourth-order valence-electron chi connectivity index (χ4n) is 2.55. The molecule has 0 aliphatic heterocycles. The van der Waals surface area contributed by atoms with Gasteiger partial charge in [0.05, 0.1) is 11.3 Å². The molecular formula is C19H19N5OS. The summed E-state index contributed by atoms with van der Waals surface area (Å²) in [5.41, 5.74) is 14.3. The monoisotopic (exact) mass is 365 g/mol. The Balaban J connectivity index is 1.91. The molecule has 7 heteroatoms. The summed E-state index contributed by atoms with van der Waals surface area (Å²) in [6.45, 7) is 6.39. The second kappa shape index (κ2) is 6.32. The molecule has 3 rings (SSSR count). The number of carbonyl (C=O) groups is 1. The number of nitriles is 1. The summed E-state index contributed by atoms with van der Waals surface area (Å²) in [7, 11) is 0. The van der Waals surface area contributed by atoms with Crippen molar-refractivity contribution in [2.75, 3.05) is 16.8 Å². The largest absolute Gasteiger partial charge is 0.397 e. The van der Waals surface area contributed by atoms with Gasteiger partial charge in [-0.15, -0.1) is 11.3 Å². The molecule has 0 atom stereocenters. The quantitative estimate of drug-likeness (QED) is 0.637. The summed E-state index contributed by atoms with van der Waals surface area (Å²) in [4.78, 5) is 17.7. The number of amides is 1. The molecule has 1 aromatic carbocycles. The van der Waals surface area contributed by atoms with Crippen molar-refractivity contribution in [3.05, 3.63) is 46.3 Å². The maximum atomic E-state index is 12.6. The molecule has 0 spiro atoms. The highest BCUT2D eigenvalue weighted by atomic mass is 32.1. The first-order valence-electron chi connectivity index (χ1n) is 8.01. The zero-order chi connectivity index (χ0) is 19.1. The Hall–Kier alpha value is -3.11. The number of thiophene rings is 1. The van der Waals surface area contributed by atoms with Gasteiger partial charge in [-0.3, -0.25) is 4.79 Å². The zero-order valence-electron chi connectivity index (χ0n) is 14.8. The number of pyridine rings is 1. The molecule has 0 saturated heterocycles. The Kier molecular flexibility index (Phi) is 4.30. The van der Waals surface area contributed by atoms with Crippen LogP contribution in [0.3, 0.4) is 0 Å². The molecule has 0 fully saturated rings. The number of nitrogen functional groups attached to an aromatic ring is 2. The van der Waals surface area contributed by atoms with Crippen LogP contribution in [0, 0.1) is 11.3 Å². The third-order valence-corrected chi connectivity index (χ3v) is 5.20. The van der Waals surface area contributed by atoms with Gasteiger partial charge in [-0.1, -0.05) is 32.9 Å². The van der Waals surface area contributed by atoms with Crippen molar-refractivity contribution in [3.8, 4) is 6.07 Å². The molecule has 26 heavy (non-hydrogen) atoms. The van der Waals surface area contributed by atoms with Crippen LogP contribution in [0.1, 0.15) is 41.6 Å². The molecule has 0 aliphatic carbocycles. The third-order valence-electron chi connectivity index (χ3n) is 4.09. The second-order valence-electron chi connectivity index (χ2n) is 7.01. The van der Waals surface area contributed by atoms with Gasteiger partial charge in [-0.25, -0.2) is 4.98 Å². The molecule has 0 unspecified atom stereocenters. The minimum Gasteiger partial charge on any atom is -0.397 e. The van der Waals surface area contributed by atoms with E-state index in [0.29, 0.717) is 26.5 Å². The topological polar surface area (TPSA) is 118 Å². The van der Waals surface area contributed by atoms with Gasteiger partial charge < -0.3 is 16.8 Å². The maximum absolute atomic E-state index is 12.6. The third kappa shape index (κ3) is 3.19. The molecule has 5 N–H and O–H groups in total. The highest BCUT2D eigenvalue weighted by Gasteiger charge is 2.19. The number of hydrogen-bond acceptors (Lipinski definition) is 6. The maximum Gasteiger partial charge on any atom is 0.267 e. The fraction of sp³-hybridized carbons (Fsp3) is 0.211. The lowest BCUT2D eigenvalue weighted by Crippen LogP contribution is -2.13. The van der Waals surface area contributed by atoms with Crippen LogP contribution in [0.4, 0.5) is 17.2 Å². The number of nitrogens with two attached hydrogens (primary N) is 2. The SMILES string of the molecule is CC(C)(C)c1ccc(NC(=O)c2sc3nc(N)c(C#N)cc3c2N)cc1. The van der Waals surface area contributed by atoms with E-state index in [1.807, 2.05) is 30.3 Å². The Morgan fingerprint density at radius 2 is 1.88 bits per heavy atom. The number of nitrogens with one attached hydrogen (secondary N) is 1. The van der Waals surface area contributed by atoms with Gasteiger partial charge in [0.25, 0.3) is 5.91 Å². The van der Waals surface area contributed by atoms with Crippen molar-refractivity contribution in [1.29, 1.82) is 5.26 Å². The average molecular weight is 365 g/mol. The molecule has 6 nitrogen and oxygen atoms in total. The van der Waals surface area contributed by atoms with E-state index in [1.54, 1.807) is 6.07 Å². The average Bonchev–Trinajstić information content (AvgIpc) is 2.89. The van der Waals surface area contributed by atoms with Crippen LogP contribution in [0.25, 0.3) is 10.2 Å². The predicted molar refractivity (Wildman–Crippen MR) is 106 cm³/mol. The number of benzene rings is 1. The summed E-state index contributed by atoms with van der Waals surface area (Å²) in [5.74, 6) is -0.183. The predicted octanol–water partition coefficient (Wildman–Crippen LogP) is 3.88. The number of anilines is 3. The zero-order valence-corrected chi connectivity index (χ0v) is 15.6. The molecule has 0 radical (unpaired) electrons. The van der Waals surface area contributed by atoms with Crippen molar-refractivity contribution < 1.29 is 4.79 Å². The molecule has 0 saturated carbocycles. The smallest absolute Gasteiger partial charge is 0.267 e. The Bertz CT molecular complexity index is 1040. The van der Waals surface area contributed by atoms with Gasteiger partial charge in [-0.2, -0.15) is 5.26 Å². The molecule has 2 heterocycles. The lowest BCUT2D eigenvalue weighted by molar-refractivity contribution is 0.103. The van der Waals surface area contributed by atoms with Crippen molar-refractivity contribution in [2.24, 2.45) is 0 Å². The number of rotatable bonds is 2. The van der Waals surface area contributed by atoms with Gasteiger partial charge in [0, 0.05) is 11.1 Å². The van der Waals surface area contributed by atoms with Crippen LogP contribution in [-0.4, -0.2) is 10.9 Å². The summed E-state index contributed by atoms with van der Waals surface area (Å²) >= 11 is 1.15. The van der Waals surface area contributed by atoms with Crippen LogP contribution in [0.5, 0.6) is 0 Å². The molecule has 1 amide bonds. The fourth-order valence-corrected chi connectivity index (χ4v) is 3.53. The van der Waals surface area contributed by atoms with E-state index in [4.69, 9.17) is 16.7 Å². The highest BCUT2D eigenvalue weighted by molar-refractivity contribution is 7.21. The van der Waals surface area contributed by atoms with E-state index < -0.39 is 0 Å². The van der Waals surface area contributed by atoms with E-state index in [2.05, 4.69) is 31.1 Å². The second-order valence-corrected chi connectivity index (χ2v) is 8.01. The van der Waals surface area contributed by atoms with Crippen LogP contribution in [-0.2, 0) is 5.41 Å². The minimum atomic E-state index is -0.314. The van der Waals surface area contributed by atoms with Crippen molar-refractivity contribution in [1.82, 2.24) is 4.98 Å². The lowest BCUT2D eigenvalue weighted by atomic mass is 9.87. The summed E-state index contributed by atoms with van der Waals surface area (Å²) in [6, 6.07) is 11.3. The Morgan fingerprint density at radius 1 is 1.23 bits per heavy atom. The van der Waals surface area contributed by atoms with Gasteiger partial charge in [0.1, 0.15) is 21.6 Å². The molecule has 0 bridgehead atoms. The van der Waals surface area contributed by atoms with Crippen molar-refractivity contribution in [3.63, 3.8) is 0 Å². The molecule has 0 aliphatic rings. The molecular weight excluding hydrogens is 346 g/mol. The Labute approximate surface area is 155 Å². The van der Waals surface area contributed by atoms with Crippen LogP contribution in [0.2, 0.25) is 0 Å². The van der Waals surface area contributed by atoms with E-state index in [9.17, 15) is 4.79 Å². The normalized spacial score (nSPS) is 11.3. The van der Waals surface area contributed by atoms with Gasteiger partial charge in [0.15, 0.2) is 0 Å². The summed E-state index contributed by atoms with van der Waals surface area (Å²) in [6.07, 6.45) is 0. The minimum absolute atomic E-state index is 0.0441. The lowest BCUT2D eigenvalue weighted by Gasteiger charge is -2.19. The first kappa shape index (κ1) is 17.7. The van der Waals surface area contributed by atoms with Crippen LogP contribution < -0.4 is 16.8 Å². The summed E-state index contributed by atoms with van der Waals surface area (Å²) < 4.78 is 0. The van der Waals surface area contributed by atoms with Gasteiger partial charge in [-0.05, 0) is 29.2 Å². The first-order chi connectivity index (χ1) is 12.2. The number of hydrogen-bond donors (Lipinski definition) is 3. The number of fused-ring (bicyclic) bond motifs is 1. The Morgan fingerprint density at radius 3 is 2.46 bits per heavy atom. The van der Waals surface area contributed by atoms with Crippen molar-refractivity contribution in [2.45, 2.75) is 26.2 Å². The molecule has 2 aromatic heterocycles. The van der Waals surface area contributed by atoms with Gasteiger partial charge in [0.2, 0.25) is 0 Å². The van der Waals surface area contributed by atoms with E-state index in [-0.39, 0.29) is 22.7 Å². The standard InChI is InChI=1S/C19H19N5OS/c1-19(2,3)11-4-6-12(7-5-11)23-17(25)15-14(21)13-8-10(9-20)16(22)24-18(13)26-15/h4-8H,21H2,1-3H3,(H2,22,24)(H,23,25). The van der Waals surface area contributed by atoms with E-state index in [1.165, 1.54) is 5.56 Å². The summed E-state index contributed by atoms with van der Waals surface area (Å²) in [5, 5.41) is 12.5. The van der Waals surface area contributed by atoms with Crippen LogP contribution >= 0.6 is 11.3 Å². The molecule has 3 aromatic rings. The van der Waals surface area contributed by atoms with E-state index >= 15 is 0 Å².